The predicted molar refractivity (Wildman–Crippen MR) is 110 cm³/mol. The van der Waals surface area contributed by atoms with Gasteiger partial charge in [0.1, 0.15) is 0 Å². The number of benzene rings is 2. The third kappa shape index (κ3) is 3.19. The van der Waals surface area contributed by atoms with Gasteiger partial charge < -0.3 is 9.64 Å². The summed E-state index contributed by atoms with van der Waals surface area (Å²) in [5.74, 6) is -0.309. The molecular formula is C22H20N2O2S. The lowest BCUT2D eigenvalue weighted by Gasteiger charge is -2.36. The van der Waals surface area contributed by atoms with Crippen LogP contribution in [0.2, 0.25) is 0 Å². The first kappa shape index (κ1) is 17.6. The quantitative estimate of drug-likeness (QED) is 0.706. The Hall–Kier alpha value is -2.79. The second kappa shape index (κ2) is 7.45. The van der Waals surface area contributed by atoms with Crippen molar-refractivity contribution in [2.24, 2.45) is 4.99 Å². The molecule has 0 fully saturated rings. The van der Waals surface area contributed by atoms with E-state index in [-0.39, 0.29) is 12.0 Å². The van der Waals surface area contributed by atoms with Crippen LogP contribution < -0.4 is 0 Å². The molecule has 0 N–H and O–H groups in total. The van der Waals surface area contributed by atoms with E-state index in [1.165, 1.54) is 0 Å². The van der Waals surface area contributed by atoms with E-state index in [0.717, 1.165) is 22.0 Å². The molecule has 2 aromatic rings. The summed E-state index contributed by atoms with van der Waals surface area (Å²) in [6, 6.07) is 20.0. The number of hydrogen-bond donors (Lipinski definition) is 0. The molecule has 0 aliphatic carbocycles. The maximum Gasteiger partial charge on any atom is 0.338 e. The van der Waals surface area contributed by atoms with Gasteiger partial charge >= 0.3 is 5.97 Å². The van der Waals surface area contributed by atoms with E-state index in [4.69, 9.17) is 9.73 Å². The highest BCUT2D eigenvalue weighted by molar-refractivity contribution is 8.16. The van der Waals surface area contributed by atoms with Crippen molar-refractivity contribution >= 4 is 28.6 Å². The average Bonchev–Trinajstić information content (AvgIpc) is 3.11. The molecule has 0 bridgehead atoms. The average molecular weight is 376 g/mol. The first-order chi connectivity index (χ1) is 13.2. The smallest absolute Gasteiger partial charge is 0.338 e. The van der Waals surface area contributed by atoms with Crippen molar-refractivity contribution in [2.45, 2.75) is 19.9 Å². The minimum absolute atomic E-state index is 0.265. The van der Waals surface area contributed by atoms with E-state index in [1.54, 1.807) is 11.8 Å². The Morgan fingerprint density at radius 2 is 1.78 bits per heavy atom. The molecular weight excluding hydrogens is 356 g/mol. The van der Waals surface area contributed by atoms with Gasteiger partial charge in [0.2, 0.25) is 0 Å². The van der Waals surface area contributed by atoms with Crippen LogP contribution in [0.1, 0.15) is 31.0 Å². The highest BCUT2D eigenvalue weighted by atomic mass is 32.2. The lowest BCUT2D eigenvalue weighted by atomic mass is 9.93. The van der Waals surface area contributed by atoms with E-state index in [2.05, 4.69) is 22.4 Å². The van der Waals surface area contributed by atoms with Crippen molar-refractivity contribution in [3.05, 3.63) is 88.5 Å². The number of aliphatic imine (C=N–C) groups is 1. The Morgan fingerprint density at radius 1 is 1.11 bits per heavy atom. The van der Waals surface area contributed by atoms with Gasteiger partial charge in [0, 0.05) is 5.41 Å². The van der Waals surface area contributed by atoms with Gasteiger partial charge in [-0.2, -0.15) is 0 Å². The number of fused-ring (bicyclic) bond motifs is 1. The van der Waals surface area contributed by atoms with Gasteiger partial charge in [-0.1, -0.05) is 72.4 Å². The van der Waals surface area contributed by atoms with Gasteiger partial charge in [0.05, 0.1) is 29.6 Å². The Kier molecular flexibility index (Phi) is 4.86. The first-order valence-electron chi connectivity index (χ1n) is 8.93. The van der Waals surface area contributed by atoms with Crippen LogP contribution in [0, 0.1) is 0 Å². The zero-order chi connectivity index (χ0) is 18.8. The van der Waals surface area contributed by atoms with E-state index < -0.39 is 0 Å². The number of rotatable bonds is 4. The molecule has 2 aromatic carbocycles. The minimum Gasteiger partial charge on any atom is -0.463 e. The van der Waals surface area contributed by atoms with Crippen LogP contribution in [0.5, 0.6) is 0 Å². The molecule has 0 amide bonds. The van der Waals surface area contributed by atoms with Gasteiger partial charge in [0.15, 0.2) is 5.17 Å². The molecule has 4 nitrogen and oxygen atoms in total. The molecule has 136 valence electrons. The summed E-state index contributed by atoms with van der Waals surface area (Å²) in [4.78, 5) is 19.7. The van der Waals surface area contributed by atoms with Crippen molar-refractivity contribution in [1.82, 2.24) is 4.90 Å². The Bertz CT molecular complexity index is 949. The molecule has 27 heavy (non-hydrogen) atoms. The van der Waals surface area contributed by atoms with Gasteiger partial charge in [-0.05, 0) is 25.0 Å². The number of ether oxygens (including phenoxy) is 1. The highest BCUT2D eigenvalue weighted by Crippen LogP contribution is 2.46. The summed E-state index contributed by atoms with van der Waals surface area (Å²) < 4.78 is 5.37. The number of carbonyl (C=O) groups excluding carboxylic acids is 1. The van der Waals surface area contributed by atoms with Crippen molar-refractivity contribution in [1.29, 1.82) is 0 Å². The third-order valence-corrected chi connectivity index (χ3v) is 5.45. The fraction of sp³-hybridized carbons (Fsp3) is 0.182. The molecule has 0 radical (unpaired) electrons. The van der Waals surface area contributed by atoms with E-state index in [9.17, 15) is 4.79 Å². The second-order valence-corrected chi connectivity index (χ2v) is 7.12. The topological polar surface area (TPSA) is 41.9 Å². The van der Waals surface area contributed by atoms with Crippen molar-refractivity contribution in [3.63, 3.8) is 0 Å². The summed E-state index contributed by atoms with van der Waals surface area (Å²) in [6.45, 7) is 4.04. The maximum atomic E-state index is 12.8. The van der Waals surface area contributed by atoms with Gasteiger partial charge in [-0.25, -0.2) is 9.79 Å². The van der Waals surface area contributed by atoms with E-state index in [0.29, 0.717) is 17.9 Å². The lowest BCUT2D eigenvalue weighted by molar-refractivity contribution is -0.139. The Balaban J connectivity index is 1.86. The van der Waals surface area contributed by atoms with Crippen molar-refractivity contribution < 1.29 is 9.53 Å². The SMILES string of the molecule is CCOC(=O)C1=C(C)N=C2SC=C(c3ccccc3)N2C1c1ccccc1. The molecule has 0 spiro atoms. The second-order valence-electron chi connectivity index (χ2n) is 6.28. The fourth-order valence-electron chi connectivity index (χ4n) is 3.42. The van der Waals surface area contributed by atoms with Crippen LogP contribution in [0.3, 0.4) is 0 Å². The third-order valence-electron chi connectivity index (χ3n) is 4.61. The summed E-state index contributed by atoms with van der Waals surface area (Å²) in [6.07, 6.45) is 0. The number of amidine groups is 1. The fourth-order valence-corrected chi connectivity index (χ4v) is 4.39. The van der Waals surface area contributed by atoms with Gasteiger partial charge in [-0.15, -0.1) is 0 Å². The molecule has 2 aliphatic rings. The predicted octanol–water partition coefficient (Wildman–Crippen LogP) is 4.98. The molecule has 0 saturated heterocycles. The van der Waals surface area contributed by atoms with Crippen LogP contribution in [0.15, 0.2) is 82.3 Å². The zero-order valence-electron chi connectivity index (χ0n) is 15.3. The zero-order valence-corrected chi connectivity index (χ0v) is 16.1. The molecule has 0 aromatic heterocycles. The number of nitrogens with zero attached hydrogens (tertiary/aromatic N) is 2. The van der Waals surface area contributed by atoms with Crippen molar-refractivity contribution in [2.75, 3.05) is 6.61 Å². The highest BCUT2D eigenvalue weighted by Gasteiger charge is 2.40. The van der Waals surface area contributed by atoms with Crippen LogP contribution >= 0.6 is 11.8 Å². The summed E-state index contributed by atoms with van der Waals surface area (Å²) in [7, 11) is 0. The number of allylic oxidation sites excluding steroid dienone is 1. The molecule has 1 atom stereocenters. The molecule has 4 rings (SSSR count). The lowest BCUT2D eigenvalue weighted by Crippen LogP contribution is -2.36. The molecule has 5 heteroatoms. The standard InChI is InChI=1S/C22H20N2O2S/c1-3-26-21(25)19-15(2)23-22-24(20(19)17-12-8-5-9-13-17)18(14-27-22)16-10-6-4-7-11-16/h4-14,20H,3H2,1-2H3. The van der Waals surface area contributed by atoms with E-state index in [1.807, 2.05) is 62.4 Å². The molecule has 2 heterocycles. The van der Waals surface area contributed by atoms with Crippen LogP contribution in [-0.2, 0) is 9.53 Å². The first-order valence-corrected chi connectivity index (χ1v) is 9.81. The maximum absolute atomic E-state index is 12.8. The van der Waals surface area contributed by atoms with Crippen molar-refractivity contribution in [3.8, 4) is 0 Å². The van der Waals surface area contributed by atoms with E-state index >= 15 is 0 Å². The van der Waals surface area contributed by atoms with Gasteiger partial charge in [0.25, 0.3) is 0 Å². The minimum atomic E-state index is -0.309. The number of carbonyl (C=O) groups is 1. The van der Waals surface area contributed by atoms with Crippen LogP contribution in [0.4, 0.5) is 0 Å². The van der Waals surface area contributed by atoms with Crippen LogP contribution in [-0.4, -0.2) is 22.6 Å². The molecule has 2 aliphatic heterocycles. The largest absolute Gasteiger partial charge is 0.463 e. The molecule has 0 saturated carbocycles. The normalized spacial score (nSPS) is 18.7. The number of hydrogen-bond acceptors (Lipinski definition) is 5. The summed E-state index contributed by atoms with van der Waals surface area (Å²) in [5, 5.41) is 2.99. The van der Waals surface area contributed by atoms with Crippen LogP contribution in [0.25, 0.3) is 5.70 Å². The Labute approximate surface area is 163 Å². The Morgan fingerprint density at radius 3 is 2.44 bits per heavy atom. The molecule has 1 unspecified atom stereocenters. The summed E-state index contributed by atoms with van der Waals surface area (Å²) in [5.41, 5.74) is 4.48. The summed E-state index contributed by atoms with van der Waals surface area (Å²) >= 11 is 1.59. The monoisotopic (exact) mass is 376 g/mol. The van der Waals surface area contributed by atoms with Gasteiger partial charge in [-0.3, -0.25) is 0 Å². The number of esters is 1. The number of thioether (sulfide) groups is 1.